The van der Waals surface area contributed by atoms with E-state index in [-0.39, 0.29) is 29.8 Å². The summed E-state index contributed by atoms with van der Waals surface area (Å²) in [5, 5.41) is 2.20. The van der Waals surface area contributed by atoms with Gasteiger partial charge in [-0.1, -0.05) is 18.2 Å². The quantitative estimate of drug-likeness (QED) is 0.396. The summed E-state index contributed by atoms with van der Waals surface area (Å²) in [6.07, 6.45) is 4.57. The van der Waals surface area contributed by atoms with Gasteiger partial charge in [-0.25, -0.2) is 0 Å². The Kier molecular flexibility index (Phi) is 6.63. The Balaban J connectivity index is 0.00000208. The lowest BCUT2D eigenvalue weighted by atomic mass is 10.0. The predicted molar refractivity (Wildman–Crippen MR) is 94.1 cm³/mol. The van der Waals surface area contributed by atoms with Gasteiger partial charge in [0.25, 0.3) is 0 Å². The van der Waals surface area contributed by atoms with E-state index in [4.69, 9.17) is 4.74 Å². The van der Waals surface area contributed by atoms with Crippen LogP contribution in [0, 0.1) is 0 Å². The SMILES string of the molecule is COc1ccc2cc(C(=O)CC[N+]3(C)CCCCC3)ccc2c1.[I-]. The molecule has 1 saturated heterocycles. The second-order valence-electron chi connectivity index (χ2n) is 6.95. The molecule has 0 amide bonds. The number of hydrogen-bond acceptors (Lipinski definition) is 2. The van der Waals surface area contributed by atoms with Gasteiger partial charge in [-0.3, -0.25) is 4.79 Å². The number of fused-ring (bicyclic) bond motifs is 1. The number of Topliss-reactive ketones (excluding diaryl/α,β-unsaturated/α-hetero) is 1. The van der Waals surface area contributed by atoms with Crippen LogP contribution in [0.1, 0.15) is 36.0 Å². The molecule has 130 valence electrons. The van der Waals surface area contributed by atoms with E-state index in [1.54, 1.807) is 7.11 Å². The molecule has 4 heteroatoms. The molecule has 3 nitrogen and oxygen atoms in total. The lowest BCUT2D eigenvalue weighted by Crippen LogP contribution is -3.00. The molecule has 0 atom stereocenters. The van der Waals surface area contributed by atoms with Crippen LogP contribution in [0.4, 0.5) is 0 Å². The molecule has 0 bridgehead atoms. The number of benzene rings is 2. The van der Waals surface area contributed by atoms with Crippen molar-refractivity contribution in [2.75, 3.05) is 33.8 Å². The summed E-state index contributed by atoms with van der Waals surface area (Å²) in [5.74, 6) is 1.10. The van der Waals surface area contributed by atoms with Crippen molar-refractivity contribution in [1.29, 1.82) is 0 Å². The third kappa shape index (κ3) is 4.48. The number of hydrogen-bond donors (Lipinski definition) is 0. The van der Waals surface area contributed by atoms with E-state index >= 15 is 0 Å². The predicted octanol–water partition coefficient (Wildman–Crippen LogP) is 1.06. The highest BCUT2D eigenvalue weighted by atomic mass is 127. The van der Waals surface area contributed by atoms with Gasteiger partial charge in [-0.15, -0.1) is 0 Å². The van der Waals surface area contributed by atoms with Crippen molar-refractivity contribution in [1.82, 2.24) is 0 Å². The third-order valence-electron chi connectivity index (χ3n) is 5.14. The molecule has 1 aliphatic heterocycles. The van der Waals surface area contributed by atoms with E-state index in [0.717, 1.165) is 33.1 Å². The van der Waals surface area contributed by atoms with Gasteiger partial charge in [0.15, 0.2) is 5.78 Å². The Morgan fingerprint density at radius 3 is 2.42 bits per heavy atom. The summed E-state index contributed by atoms with van der Waals surface area (Å²) < 4.78 is 6.30. The van der Waals surface area contributed by atoms with Crippen LogP contribution in [0.3, 0.4) is 0 Å². The molecule has 2 aromatic rings. The Hall–Kier alpha value is -1.14. The van der Waals surface area contributed by atoms with Crippen LogP contribution in [0.15, 0.2) is 36.4 Å². The highest BCUT2D eigenvalue weighted by Crippen LogP contribution is 2.23. The first-order valence-electron chi connectivity index (χ1n) is 8.54. The number of carbonyl (C=O) groups is 1. The average Bonchev–Trinajstić information content (AvgIpc) is 2.59. The standard InChI is InChI=1S/C20H26NO2.HI/c1-21(11-4-3-5-12-21)13-10-20(22)18-7-6-17-15-19(23-2)9-8-16(17)14-18;/h6-9,14-15H,3-5,10-13H2,1-2H3;1H/q+1;/p-1. The number of carbonyl (C=O) groups excluding carboxylic acids is 1. The molecule has 24 heavy (non-hydrogen) atoms. The van der Waals surface area contributed by atoms with Gasteiger partial charge in [0.1, 0.15) is 5.75 Å². The summed E-state index contributed by atoms with van der Waals surface area (Å²) in [5.41, 5.74) is 0.825. The minimum atomic E-state index is 0. The Morgan fingerprint density at radius 1 is 1.04 bits per heavy atom. The van der Waals surface area contributed by atoms with Gasteiger partial charge < -0.3 is 33.2 Å². The first-order chi connectivity index (χ1) is 11.1. The molecule has 0 unspecified atom stereocenters. The van der Waals surface area contributed by atoms with Crippen LogP contribution in [0.2, 0.25) is 0 Å². The van der Waals surface area contributed by atoms with Crippen molar-refractivity contribution >= 4 is 16.6 Å². The van der Waals surface area contributed by atoms with Gasteiger partial charge in [0.05, 0.1) is 40.2 Å². The number of nitrogens with zero attached hydrogens (tertiary/aromatic N) is 1. The molecule has 0 aromatic heterocycles. The first kappa shape index (κ1) is 19.2. The number of likely N-dealkylation sites (tertiary alicyclic amines) is 1. The number of piperidine rings is 1. The molecule has 0 saturated carbocycles. The van der Waals surface area contributed by atoms with Crippen molar-refractivity contribution in [2.45, 2.75) is 25.7 Å². The summed E-state index contributed by atoms with van der Waals surface area (Å²) in [6, 6.07) is 11.9. The van der Waals surface area contributed by atoms with Crippen LogP contribution in [-0.4, -0.2) is 44.1 Å². The maximum Gasteiger partial charge on any atom is 0.168 e. The second kappa shape index (κ2) is 8.30. The molecule has 0 aliphatic carbocycles. The van der Waals surface area contributed by atoms with E-state index in [1.165, 1.54) is 32.4 Å². The van der Waals surface area contributed by atoms with Crippen molar-refractivity contribution < 1.29 is 38.0 Å². The number of ether oxygens (including phenoxy) is 1. The number of quaternary nitrogens is 1. The molecule has 0 radical (unpaired) electrons. The summed E-state index contributed by atoms with van der Waals surface area (Å²) in [7, 11) is 3.96. The number of halogens is 1. The molecule has 1 fully saturated rings. The number of rotatable bonds is 5. The zero-order valence-corrected chi connectivity index (χ0v) is 16.7. The highest BCUT2D eigenvalue weighted by molar-refractivity contribution is 6.00. The van der Waals surface area contributed by atoms with Crippen LogP contribution in [-0.2, 0) is 0 Å². The van der Waals surface area contributed by atoms with E-state index < -0.39 is 0 Å². The molecule has 1 aliphatic rings. The number of methoxy groups -OCH3 is 1. The van der Waals surface area contributed by atoms with Gasteiger partial charge >= 0.3 is 0 Å². The third-order valence-corrected chi connectivity index (χ3v) is 5.14. The van der Waals surface area contributed by atoms with E-state index in [9.17, 15) is 4.79 Å². The molecule has 3 rings (SSSR count). The van der Waals surface area contributed by atoms with Crippen LogP contribution < -0.4 is 28.7 Å². The van der Waals surface area contributed by atoms with Gasteiger partial charge in [-0.05, 0) is 48.2 Å². The van der Waals surface area contributed by atoms with E-state index in [0.29, 0.717) is 6.42 Å². The topological polar surface area (TPSA) is 26.3 Å². The Morgan fingerprint density at radius 2 is 1.71 bits per heavy atom. The highest BCUT2D eigenvalue weighted by Gasteiger charge is 2.25. The van der Waals surface area contributed by atoms with Crippen molar-refractivity contribution in [2.24, 2.45) is 0 Å². The fourth-order valence-corrected chi connectivity index (χ4v) is 3.54. The minimum absolute atomic E-state index is 0. The molecular weight excluding hydrogens is 413 g/mol. The number of ketones is 1. The summed E-state index contributed by atoms with van der Waals surface area (Å²) >= 11 is 0. The second-order valence-corrected chi connectivity index (χ2v) is 6.95. The average molecular weight is 439 g/mol. The minimum Gasteiger partial charge on any atom is -1.00 e. The fourth-order valence-electron chi connectivity index (χ4n) is 3.54. The van der Waals surface area contributed by atoms with Crippen molar-refractivity contribution in [3.05, 3.63) is 42.0 Å². The van der Waals surface area contributed by atoms with Crippen molar-refractivity contribution in [3.63, 3.8) is 0 Å². The lowest BCUT2D eigenvalue weighted by molar-refractivity contribution is -0.913. The van der Waals surface area contributed by atoms with E-state index in [2.05, 4.69) is 7.05 Å². The normalized spacial score (nSPS) is 16.4. The Labute approximate surface area is 161 Å². The smallest absolute Gasteiger partial charge is 0.168 e. The van der Waals surface area contributed by atoms with Gasteiger partial charge in [-0.2, -0.15) is 0 Å². The molecule has 0 N–H and O–H groups in total. The zero-order chi connectivity index (χ0) is 16.3. The van der Waals surface area contributed by atoms with Crippen LogP contribution >= 0.6 is 0 Å². The largest absolute Gasteiger partial charge is 1.00 e. The van der Waals surface area contributed by atoms with Crippen LogP contribution in [0.25, 0.3) is 10.8 Å². The summed E-state index contributed by atoms with van der Waals surface area (Å²) in [4.78, 5) is 12.6. The van der Waals surface area contributed by atoms with Crippen molar-refractivity contribution in [3.8, 4) is 5.75 Å². The maximum absolute atomic E-state index is 12.6. The monoisotopic (exact) mass is 439 g/mol. The fraction of sp³-hybridized carbons (Fsp3) is 0.450. The van der Waals surface area contributed by atoms with Gasteiger partial charge in [0, 0.05) is 5.56 Å². The molecular formula is C20H26INO2. The molecule has 2 aromatic carbocycles. The van der Waals surface area contributed by atoms with E-state index in [1.807, 2.05) is 36.4 Å². The maximum atomic E-state index is 12.6. The summed E-state index contributed by atoms with van der Waals surface area (Å²) in [6.45, 7) is 3.38. The van der Waals surface area contributed by atoms with Crippen LogP contribution in [0.5, 0.6) is 5.75 Å². The molecule has 1 heterocycles. The lowest BCUT2D eigenvalue weighted by Gasteiger charge is -2.37. The first-order valence-corrected chi connectivity index (χ1v) is 8.54. The Bertz CT molecular complexity index is 708. The zero-order valence-electron chi connectivity index (χ0n) is 14.6. The van der Waals surface area contributed by atoms with Gasteiger partial charge in [0.2, 0.25) is 0 Å². The molecule has 0 spiro atoms.